The Morgan fingerprint density at radius 3 is 2.82 bits per heavy atom. The monoisotopic (exact) mass is 257 g/mol. The zero-order valence-corrected chi connectivity index (χ0v) is 10.3. The molecule has 17 heavy (non-hydrogen) atoms. The number of rotatable bonds is 1. The highest BCUT2D eigenvalue weighted by Crippen LogP contribution is 2.36. The van der Waals surface area contributed by atoms with Crippen LogP contribution in [-0.2, 0) is 5.60 Å². The smallest absolute Gasteiger partial charge is 0.407 e. The van der Waals surface area contributed by atoms with Gasteiger partial charge in [-0.15, -0.1) is 11.3 Å². The molecular formula is C11H15NO4S. The second-order valence-corrected chi connectivity index (χ2v) is 5.32. The molecule has 1 aromatic heterocycles. The molecular weight excluding hydrogens is 242 g/mol. The van der Waals surface area contributed by atoms with E-state index in [2.05, 4.69) is 0 Å². The van der Waals surface area contributed by atoms with E-state index in [9.17, 15) is 15.0 Å². The number of hydrogen-bond donors (Lipinski definition) is 3. The van der Waals surface area contributed by atoms with Gasteiger partial charge in [-0.1, -0.05) is 0 Å². The average molecular weight is 257 g/mol. The number of likely N-dealkylation sites (tertiary alicyclic amines) is 1. The first-order valence-corrected chi connectivity index (χ1v) is 6.25. The van der Waals surface area contributed by atoms with E-state index in [-0.39, 0.29) is 19.5 Å². The molecule has 0 saturated carbocycles. The predicted octanol–water partition coefficient (Wildman–Crippen LogP) is 0.989. The zero-order valence-electron chi connectivity index (χ0n) is 9.46. The lowest BCUT2D eigenvalue weighted by Gasteiger charge is -2.40. The molecule has 0 spiro atoms. The Balaban J connectivity index is 2.20. The summed E-state index contributed by atoms with van der Waals surface area (Å²) in [5.41, 5.74) is -0.281. The van der Waals surface area contributed by atoms with Crippen LogP contribution in [0.2, 0.25) is 0 Å². The Labute approximate surface area is 103 Å². The number of amides is 1. The van der Waals surface area contributed by atoms with Gasteiger partial charge in [0.15, 0.2) is 0 Å². The van der Waals surface area contributed by atoms with E-state index in [4.69, 9.17) is 5.11 Å². The summed E-state index contributed by atoms with van der Waals surface area (Å²) in [5.74, 6) is 0. The van der Waals surface area contributed by atoms with E-state index in [0.29, 0.717) is 4.88 Å². The van der Waals surface area contributed by atoms with Gasteiger partial charge in [0.1, 0.15) is 11.7 Å². The van der Waals surface area contributed by atoms with Crippen molar-refractivity contribution in [3.8, 4) is 0 Å². The molecule has 1 aromatic rings. The van der Waals surface area contributed by atoms with Crippen molar-refractivity contribution in [2.75, 3.05) is 13.1 Å². The van der Waals surface area contributed by atoms with Gasteiger partial charge >= 0.3 is 6.09 Å². The van der Waals surface area contributed by atoms with Gasteiger partial charge in [-0.2, -0.15) is 0 Å². The van der Waals surface area contributed by atoms with Gasteiger partial charge in [0.2, 0.25) is 0 Å². The summed E-state index contributed by atoms with van der Waals surface area (Å²) in [5, 5.41) is 31.2. The minimum Gasteiger partial charge on any atom is -0.465 e. The number of carboxylic acid groups (broad SMARTS) is 1. The summed E-state index contributed by atoms with van der Waals surface area (Å²) < 4.78 is 0. The second-order valence-electron chi connectivity index (χ2n) is 4.41. The Morgan fingerprint density at radius 2 is 2.35 bits per heavy atom. The minimum absolute atomic E-state index is 0.0528. The van der Waals surface area contributed by atoms with Gasteiger partial charge < -0.3 is 20.2 Å². The maximum absolute atomic E-state index is 10.8. The standard InChI is InChI=1S/C11H15NO4S/c1-7-4-9(17-6-7)11(16)2-3-12(10(14)15)5-8(11)13/h4,6,8,13,16H,2-3,5H2,1H3,(H,14,15)/t8-,11+/m0/s1. The molecule has 3 N–H and O–H groups in total. The van der Waals surface area contributed by atoms with Crippen LogP contribution in [0.4, 0.5) is 4.79 Å². The number of hydrogen-bond acceptors (Lipinski definition) is 4. The normalized spacial score (nSPS) is 29.4. The molecule has 6 heteroatoms. The molecule has 5 nitrogen and oxygen atoms in total. The van der Waals surface area contributed by atoms with Crippen LogP contribution in [0.3, 0.4) is 0 Å². The molecule has 1 aliphatic rings. The highest BCUT2D eigenvalue weighted by molar-refractivity contribution is 7.10. The molecule has 1 saturated heterocycles. The Hall–Kier alpha value is -1.11. The molecule has 2 rings (SSSR count). The van der Waals surface area contributed by atoms with Crippen molar-refractivity contribution < 1.29 is 20.1 Å². The third-order valence-electron chi connectivity index (χ3n) is 3.14. The zero-order chi connectivity index (χ0) is 12.6. The maximum atomic E-state index is 10.8. The van der Waals surface area contributed by atoms with Crippen LogP contribution < -0.4 is 0 Å². The summed E-state index contributed by atoms with van der Waals surface area (Å²) in [6, 6.07) is 1.84. The van der Waals surface area contributed by atoms with Crippen LogP contribution in [0.1, 0.15) is 16.9 Å². The summed E-state index contributed by atoms with van der Waals surface area (Å²) in [6.45, 7) is 2.10. The fourth-order valence-electron chi connectivity index (χ4n) is 2.04. The number of piperidine rings is 1. The first-order valence-electron chi connectivity index (χ1n) is 5.37. The van der Waals surface area contributed by atoms with E-state index < -0.39 is 17.8 Å². The molecule has 2 heterocycles. The van der Waals surface area contributed by atoms with E-state index in [0.717, 1.165) is 10.5 Å². The lowest BCUT2D eigenvalue weighted by molar-refractivity contribution is -0.117. The van der Waals surface area contributed by atoms with Crippen LogP contribution in [0.5, 0.6) is 0 Å². The third kappa shape index (κ3) is 2.15. The van der Waals surface area contributed by atoms with Crippen molar-refractivity contribution in [1.29, 1.82) is 0 Å². The Bertz CT molecular complexity index is 433. The van der Waals surface area contributed by atoms with Gasteiger partial charge in [0, 0.05) is 17.8 Å². The molecule has 0 aromatic carbocycles. The van der Waals surface area contributed by atoms with Crippen LogP contribution in [0.15, 0.2) is 11.4 Å². The molecule has 0 bridgehead atoms. The predicted molar refractivity (Wildman–Crippen MR) is 63.2 cm³/mol. The molecule has 1 aliphatic heterocycles. The van der Waals surface area contributed by atoms with Crippen LogP contribution in [0, 0.1) is 6.92 Å². The second kappa shape index (κ2) is 4.29. The van der Waals surface area contributed by atoms with Crippen LogP contribution in [-0.4, -0.2) is 45.5 Å². The van der Waals surface area contributed by atoms with E-state index in [1.165, 1.54) is 11.3 Å². The molecule has 1 fully saturated rings. The SMILES string of the molecule is Cc1csc([C@@]2(O)CCN(C(=O)O)C[C@@H]2O)c1. The first kappa shape index (κ1) is 12.3. The molecule has 94 valence electrons. The fourth-order valence-corrected chi connectivity index (χ4v) is 3.12. The van der Waals surface area contributed by atoms with Crippen LogP contribution >= 0.6 is 11.3 Å². The van der Waals surface area contributed by atoms with Crippen LogP contribution in [0.25, 0.3) is 0 Å². The maximum Gasteiger partial charge on any atom is 0.407 e. The first-order chi connectivity index (χ1) is 7.93. The molecule has 0 aliphatic carbocycles. The quantitative estimate of drug-likeness (QED) is 0.700. The highest BCUT2D eigenvalue weighted by Gasteiger charge is 2.44. The molecule has 0 radical (unpaired) electrons. The topological polar surface area (TPSA) is 81.0 Å². The lowest BCUT2D eigenvalue weighted by Crippen LogP contribution is -2.54. The Kier molecular flexibility index (Phi) is 3.11. The summed E-state index contributed by atoms with van der Waals surface area (Å²) in [7, 11) is 0. The lowest BCUT2D eigenvalue weighted by atomic mass is 9.87. The fraction of sp³-hybridized carbons (Fsp3) is 0.545. The molecule has 0 unspecified atom stereocenters. The number of nitrogens with zero attached hydrogens (tertiary/aromatic N) is 1. The number of carbonyl (C=O) groups is 1. The third-order valence-corrected chi connectivity index (χ3v) is 4.35. The van der Waals surface area contributed by atoms with Crippen molar-refractivity contribution >= 4 is 17.4 Å². The van der Waals surface area contributed by atoms with Crippen molar-refractivity contribution in [3.63, 3.8) is 0 Å². The van der Waals surface area contributed by atoms with Gasteiger partial charge in [-0.05, 0) is 23.9 Å². The number of β-amino-alcohol motifs (C(OH)–C–C–N with tert-alkyl or cyclic N) is 1. The summed E-state index contributed by atoms with van der Waals surface area (Å²) in [6.07, 6.45) is -1.92. The number of thiophene rings is 1. The molecule has 1 amide bonds. The number of aliphatic hydroxyl groups is 2. The highest BCUT2D eigenvalue weighted by atomic mass is 32.1. The van der Waals surface area contributed by atoms with E-state index in [1.54, 1.807) is 0 Å². The van der Waals surface area contributed by atoms with Crippen molar-refractivity contribution in [2.45, 2.75) is 25.0 Å². The van der Waals surface area contributed by atoms with E-state index >= 15 is 0 Å². The van der Waals surface area contributed by atoms with Crippen molar-refractivity contribution in [3.05, 3.63) is 21.9 Å². The minimum atomic E-state index is -1.31. The van der Waals surface area contributed by atoms with Gasteiger partial charge in [0.05, 0.1) is 6.54 Å². The number of aryl methyl sites for hydroxylation is 1. The largest absolute Gasteiger partial charge is 0.465 e. The number of aliphatic hydroxyl groups excluding tert-OH is 1. The van der Waals surface area contributed by atoms with Crippen molar-refractivity contribution in [2.24, 2.45) is 0 Å². The Morgan fingerprint density at radius 1 is 1.65 bits per heavy atom. The van der Waals surface area contributed by atoms with E-state index in [1.807, 2.05) is 18.4 Å². The van der Waals surface area contributed by atoms with Gasteiger partial charge in [-0.3, -0.25) is 0 Å². The van der Waals surface area contributed by atoms with Gasteiger partial charge in [-0.25, -0.2) is 4.79 Å². The molecule has 2 atom stereocenters. The summed E-state index contributed by atoms with van der Waals surface area (Å²) in [4.78, 5) is 12.6. The van der Waals surface area contributed by atoms with Gasteiger partial charge in [0.25, 0.3) is 0 Å². The average Bonchev–Trinajstić information content (AvgIpc) is 2.69. The van der Waals surface area contributed by atoms with Crippen molar-refractivity contribution in [1.82, 2.24) is 4.90 Å². The summed E-state index contributed by atoms with van der Waals surface area (Å²) >= 11 is 1.39.